The van der Waals surface area contributed by atoms with Gasteiger partial charge in [0.15, 0.2) is 0 Å². The lowest BCUT2D eigenvalue weighted by atomic mass is 10.1. The van der Waals surface area contributed by atoms with Crippen LogP contribution < -0.4 is 0 Å². The molecule has 0 aliphatic heterocycles. The molecule has 0 heterocycles. The third-order valence-corrected chi connectivity index (χ3v) is 1.96. The maximum atomic E-state index is 5.65. The largest absolute Gasteiger partial charge is 0.378 e. The van der Waals surface area contributed by atoms with Crippen molar-refractivity contribution in [3.63, 3.8) is 0 Å². The number of rotatable bonds is 6. The van der Waals surface area contributed by atoms with Gasteiger partial charge in [-0.1, -0.05) is 27.7 Å². The molecule has 1 heteroatoms. The van der Waals surface area contributed by atoms with Crippen LogP contribution in [0.1, 0.15) is 47.0 Å². The minimum atomic E-state index is 0.494. The fourth-order valence-electron chi connectivity index (χ4n) is 0.995. The summed E-state index contributed by atoms with van der Waals surface area (Å²) in [6, 6.07) is 0. The molecule has 0 radical (unpaired) electrons. The van der Waals surface area contributed by atoms with E-state index in [1.807, 2.05) is 0 Å². The van der Waals surface area contributed by atoms with E-state index in [9.17, 15) is 0 Å². The van der Waals surface area contributed by atoms with Gasteiger partial charge in [0.2, 0.25) is 0 Å². The predicted molar refractivity (Wildman–Crippen MR) is 49.8 cm³/mol. The first-order valence-electron chi connectivity index (χ1n) is 4.82. The van der Waals surface area contributed by atoms with Gasteiger partial charge in [-0.15, -0.1) is 0 Å². The lowest BCUT2D eigenvalue weighted by molar-refractivity contribution is 0.0418. The smallest absolute Gasteiger partial charge is 0.0569 e. The molecule has 68 valence electrons. The topological polar surface area (TPSA) is 9.23 Å². The van der Waals surface area contributed by atoms with Gasteiger partial charge >= 0.3 is 0 Å². The van der Waals surface area contributed by atoms with Crippen molar-refractivity contribution in [3.05, 3.63) is 0 Å². The monoisotopic (exact) mass is 158 g/mol. The van der Waals surface area contributed by atoms with Gasteiger partial charge < -0.3 is 4.74 Å². The normalized spacial score (nSPS) is 11.5. The average molecular weight is 158 g/mol. The fourth-order valence-corrected chi connectivity index (χ4v) is 0.995. The second-order valence-corrected chi connectivity index (χ2v) is 3.49. The molecule has 0 rings (SSSR count). The molecule has 0 spiro atoms. The summed E-state index contributed by atoms with van der Waals surface area (Å²) in [7, 11) is 0. The van der Waals surface area contributed by atoms with E-state index in [-0.39, 0.29) is 0 Å². The van der Waals surface area contributed by atoms with Gasteiger partial charge in [-0.3, -0.25) is 0 Å². The Balaban J connectivity index is 3.21. The van der Waals surface area contributed by atoms with Crippen LogP contribution in [0.3, 0.4) is 0 Å². The average Bonchev–Trinajstić information content (AvgIpc) is 1.98. The first kappa shape index (κ1) is 11.0. The van der Waals surface area contributed by atoms with E-state index in [0.29, 0.717) is 6.10 Å². The van der Waals surface area contributed by atoms with Gasteiger partial charge in [0.25, 0.3) is 0 Å². The van der Waals surface area contributed by atoms with Crippen LogP contribution in [0, 0.1) is 5.92 Å². The SMILES string of the molecule is CCC(CC)OCCC(C)C. The molecule has 1 nitrogen and oxygen atoms in total. The van der Waals surface area contributed by atoms with Gasteiger partial charge in [0.05, 0.1) is 6.10 Å². The molecule has 0 aliphatic rings. The first-order valence-corrected chi connectivity index (χ1v) is 4.82. The summed E-state index contributed by atoms with van der Waals surface area (Å²) in [4.78, 5) is 0. The van der Waals surface area contributed by atoms with Gasteiger partial charge in [0, 0.05) is 6.61 Å². The first-order chi connectivity index (χ1) is 5.20. The van der Waals surface area contributed by atoms with Crippen molar-refractivity contribution in [2.45, 2.75) is 53.1 Å². The highest BCUT2D eigenvalue weighted by atomic mass is 16.5. The second-order valence-electron chi connectivity index (χ2n) is 3.49. The summed E-state index contributed by atoms with van der Waals surface area (Å²) in [6.45, 7) is 9.77. The van der Waals surface area contributed by atoms with Crippen LogP contribution in [0.5, 0.6) is 0 Å². The molecule has 0 atom stereocenters. The van der Waals surface area contributed by atoms with Crippen molar-refractivity contribution in [2.24, 2.45) is 5.92 Å². The van der Waals surface area contributed by atoms with Gasteiger partial charge in [-0.05, 0) is 25.2 Å². The molecule has 0 saturated heterocycles. The van der Waals surface area contributed by atoms with E-state index in [2.05, 4.69) is 27.7 Å². The maximum absolute atomic E-state index is 5.65. The molecule has 11 heavy (non-hydrogen) atoms. The molecule has 0 unspecified atom stereocenters. The summed E-state index contributed by atoms with van der Waals surface area (Å²) < 4.78 is 5.65. The van der Waals surface area contributed by atoms with Crippen molar-refractivity contribution < 1.29 is 4.74 Å². The minimum Gasteiger partial charge on any atom is -0.378 e. The van der Waals surface area contributed by atoms with Crippen molar-refractivity contribution in [1.29, 1.82) is 0 Å². The molecule has 0 N–H and O–H groups in total. The summed E-state index contributed by atoms with van der Waals surface area (Å²) in [5.74, 6) is 0.768. The van der Waals surface area contributed by atoms with Crippen LogP contribution in [0.25, 0.3) is 0 Å². The molecule has 0 bridgehead atoms. The summed E-state index contributed by atoms with van der Waals surface area (Å²) >= 11 is 0. The van der Waals surface area contributed by atoms with Crippen LogP contribution >= 0.6 is 0 Å². The molecule has 0 fully saturated rings. The Morgan fingerprint density at radius 3 is 2.00 bits per heavy atom. The molecule has 0 saturated carbocycles. The quantitative estimate of drug-likeness (QED) is 0.576. The molecule has 0 aromatic carbocycles. The third-order valence-electron chi connectivity index (χ3n) is 1.96. The second kappa shape index (κ2) is 6.66. The lowest BCUT2D eigenvalue weighted by Crippen LogP contribution is -2.12. The number of hydrogen-bond acceptors (Lipinski definition) is 1. The molecule has 0 aliphatic carbocycles. The zero-order chi connectivity index (χ0) is 8.69. The fraction of sp³-hybridized carbons (Fsp3) is 1.00. The van der Waals surface area contributed by atoms with Crippen molar-refractivity contribution in [3.8, 4) is 0 Å². The summed E-state index contributed by atoms with van der Waals surface area (Å²) in [5, 5.41) is 0. The van der Waals surface area contributed by atoms with Gasteiger partial charge in [-0.25, -0.2) is 0 Å². The van der Waals surface area contributed by atoms with E-state index >= 15 is 0 Å². The Hall–Kier alpha value is -0.0400. The van der Waals surface area contributed by atoms with Gasteiger partial charge in [-0.2, -0.15) is 0 Å². The van der Waals surface area contributed by atoms with Crippen molar-refractivity contribution >= 4 is 0 Å². The van der Waals surface area contributed by atoms with Crippen LogP contribution in [0.4, 0.5) is 0 Å². The van der Waals surface area contributed by atoms with E-state index < -0.39 is 0 Å². The molecular formula is C10H22O. The Morgan fingerprint density at radius 2 is 1.64 bits per heavy atom. The number of hydrogen-bond donors (Lipinski definition) is 0. The molecule has 0 aromatic rings. The molecule has 0 amide bonds. The predicted octanol–water partition coefficient (Wildman–Crippen LogP) is 3.24. The zero-order valence-corrected chi connectivity index (χ0v) is 8.39. The highest BCUT2D eigenvalue weighted by Crippen LogP contribution is 2.06. The Morgan fingerprint density at radius 1 is 1.09 bits per heavy atom. The van der Waals surface area contributed by atoms with Crippen LogP contribution in [0.15, 0.2) is 0 Å². The van der Waals surface area contributed by atoms with Crippen molar-refractivity contribution in [2.75, 3.05) is 6.61 Å². The Kier molecular flexibility index (Phi) is 6.63. The Bertz CT molecular complexity index is 74.9. The van der Waals surface area contributed by atoms with Crippen LogP contribution in [0.2, 0.25) is 0 Å². The third kappa shape index (κ3) is 6.36. The minimum absolute atomic E-state index is 0.494. The van der Waals surface area contributed by atoms with E-state index in [1.165, 1.54) is 6.42 Å². The van der Waals surface area contributed by atoms with Crippen molar-refractivity contribution in [1.82, 2.24) is 0 Å². The summed E-state index contributed by atoms with van der Waals surface area (Å²) in [5.41, 5.74) is 0. The highest BCUT2D eigenvalue weighted by molar-refractivity contribution is 4.52. The lowest BCUT2D eigenvalue weighted by Gasteiger charge is -2.14. The molecular weight excluding hydrogens is 136 g/mol. The van der Waals surface area contributed by atoms with Gasteiger partial charge in [0.1, 0.15) is 0 Å². The standard InChI is InChI=1S/C10H22O/c1-5-10(6-2)11-8-7-9(3)4/h9-10H,5-8H2,1-4H3. The van der Waals surface area contributed by atoms with E-state index in [1.54, 1.807) is 0 Å². The number of ether oxygens (including phenoxy) is 1. The van der Waals surface area contributed by atoms with E-state index in [4.69, 9.17) is 4.74 Å². The van der Waals surface area contributed by atoms with Crippen LogP contribution in [-0.4, -0.2) is 12.7 Å². The maximum Gasteiger partial charge on any atom is 0.0569 e. The highest BCUT2D eigenvalue weighted by Gasteiger charge is 2.02. The van der Waals surface area contributed by atoms with E-state index in [0.717, 1.165) is 25.4 Å². The zero-order valence-electron chi connectivity index (χ0n) is 8.39. The Labute approximate surface area is 71.1 Å². The van der Waals surface area contributed by atoms with Crippen LogP contribution in [-0.2, 0) is 4.74 Å². The molecule has 0 aromatic heterocycles. The summed E-state index contributed by atoms with van der Waals surface area (Å²) in [6.07, 6.45) is 3.98.